The molecule has 0 saturated carbocycles. The molecule has 0 aliphatic rings. The van der Waals surface area contributed by atoms with Gasteiger partial charge in [-0.05, 0) is 73.7 Å². The number of nitrogens with one attached hydrogen (secondary N) is 2. The maximum Gasteiger partial charge on any atom is 0.335 e. The van der Waals surface area contributed by atoms with Crippen LogP contribution in [0, 0.1) is 0 Å². The molecule has 1 unspecified atom stereocenters. The van der Waals surface area contributed by atoms with Gasteiger partial charge in [0.1, 0.15) is 11.5 Å². The Morgan fingerprint density at radius 3 is 2.14 bits per heavy atom. The Labute approximate surface area is 212 Å². The van der Waals surface area contributed by atoms with E-state index in [1.165, 1.54) is 23.9 Å². The summed E-state index contributed by atoms with van der Waals surface area (Å²) in [5.41, 5.74) is 3.90. The summed E-state index contributed by atoms with van der Waals surface area (Å²) >= 11 is 1.28. The highest BCUT2D eigenvalue weighted by Crippen LogP contribution is 2.35. The molecule has 4 aromatic rings. The number of nitrogens with zero attached hydrogens (tertiary/aromatic N) is 1. The molecule has 0 aliphatic heterocycles. The van der Waals surface area contributed by atoms with Crippen LogP contribution in [0.3, 0.4) is 0 Å². The Hall–Kier alpha value is -4.24. The van der Waals surface area contributed by atoms with Crippen molar-refractivity contribution in [2.75, 3.05) is 19.5 Å². The van der Waals surface area contributed by atoms with Gasteiger partial charge < -0.3 is 24.9 Å². The van der Waals surface area contributed by atoms with Crippen LogP contribution in [-0.4, -0.2) is 46.4 Å². The van der Waals surface area contributed by atoms with Gasteiger partial charge in [-0.2, -0.15) is 0 Å². The number of hydrogen-bond acceptors (Lipinski definition) is 6. The van der Waals surface area contributed by atoms with Crippen molar-refractivity contribution in [1.82, 2.24) is 9.97 Å². The summed E-state index contributed by atoms with van der Waals surface area (Å²) in [6.07, 6.45) is 0. The SMILES string of the molecule is COc1ccc(-c2nc(SC(C)C(=O)Nc3cccc(C(=O)O)c3)[nH]c2-c2ccc(OC)cc2)cc1. The monoisotopic (exact) mass is 503 g/mol. The van der Waals surface area contributed by atoms with Crippen molar-refractivity contribution in [2.24, 2.45) is 0 Å². The first-order chi connectivity index (χ1) is 17.4. The van der Waals surface area contributed by atoms with Crippen molar-refractivity contribution < 1.29 is 24.2 Å². The second-order valence-corrected chi connectivity index (χ2v) is 9.19. The number of carbonyl (C=O) groups is 2. The predicted octanol–water partition coefficient (Wildman–Crippen LogP) is 5.58. The molecule has 0 radical (unpaired) electrons. The first kappa shape index (κ1) is 24.9. The molecule has 4 rings (SSSR count). The zero-order chi connectivity index (χ0) is 25.7. The average Bonchev–Trinajstić information content (AvgIpc) is 3.32. The Morgan fingerprint density at radius 2 is 1.56 bits per heavy atom. The zero-order valence-electron chi connectivity index (χ0n) is 19.9. The van der Waals surface area contributed by atoms with Gasteiger partial charge in [0.05, 0.1) is 36.4 Å². The summed E-state index contributed by atoms with van der Waals surface area (Å²) in [6, 6.07) is 21.4. The van der Waals surface area contributed by atoms with Crippen molar-refractivity contribution in [2.45, 2.75) is 17.3 Å². The number of carboxylic acid groups (broad SMARTS) is 1. The summed E-state index contributed by atoms with van der Waals surface area (Å²) in [5, 5.41) is 12.0. The van der Waals surface area contributed by atoms with E-state index in [9.17, 15) is 14.7 Å². The molecule has 0 fully saturated rings. The molecule has 0 saturated heterocycles. The van der Waals surface area contributed by atoms with Gasteiger partial charge in [-0.25, -0.2) is 9.78 Å². The molecule has 8 nitrogen and oxygen atoms in total. The lowest BCUT2D eigenvalue weighted by molar-refractivity contribution is -0.115. The highest BCUT2D eigenvalue weighted by Gasteiger charge is 2.20. The topological polar surface area (TPSA) is 114 Å². The number of aromatic nitrogens is 2. The molecule has 36 heavy (non-hydrogen) atoms. The lowest BCUT2D eigenvalue weighted by Gasteiger charge is -2.11. The van der Waals surface area contributed by atoms with Crippen molar-refractivity contribution >= 4 is 29.3 Å². The largest absolute Gasteiger partial charge is 0.497 e. The van der Waals surface area contributed by atoms with Gasteiger partial charge >= 0.3 is 5.97 Å². The Morgan fingerprint density at radius 1 is 0.944 bits per heavy atom. The summed E-state index contributed by atoms with van der Waals surface area (Å²) in [5.74, 6) is 0.167. The van der Waals surface area contributed by atoms with Gasteiger partial charge in [-0.1, -0.05) is 17.8 Å². The van der Waals surface area contributed by atoms with E-state index in [0.29, 0.717) is 10.8 Å². The van der Waals surface area contributed by atoms with E-state index in [1.54, 1.807) is 33.3 Å². The highest BCUT2D eigenvalue weighted by atomic mass is 32.2. The maximum atomic E-state index is 12.8. The predicted molar refractivity (Wildman–Crippen MR) is 140 cm³/mol. The van der Waals surface area contributed by atoms with Crippen LogP contribution in [0.25, 0.3) is 22.5 Å². The van der Waals surface area contributed by atoms with Crippen LogP contribution in [0.1, 0.15) is 17.3 Å². The number of aromatic amines is 1. The fourth-order valence-electron chi connectivity index (χ4n) is 3.53. The fourth-order valence-corrected chi connectivity index (χ4v) is 4.33. The average molecular weight is 504 g/mol. The first-order valence-electron chi connectivity index (χ1n) is 11.1. The van der Waals surface area contributed by atoms with E-state index in [1.807, 2.05) is 48.5 Å². The van der Waals surface area contributed by atoms with E-state index in [-0.39, 0.29) is 11.5 Å². The molecule has 0 aliphatic carbocycles. The number of aromatic carboxylic acids is 1. The Bertz CT molecular complexity index is 1300. The number of rotatable bonds is 9. The van der Waals surface area contributed by atoms with Crippen LogP contribution < -0.4 is 14.8 Å². The van der Waals surface area contributed by atoms with Gasteiger partial charge in [0.25, 0.3) is 0 Å². The van der Waals surface area contributed by atoms with Gasteiger partial charge in [0, 0.05) is 16.8 Å². The number of hydrogen-bond donors (Lipinski definition) is 3. The summed E-state index contributed by atoms with van der Waals surface area (Å²) in [6.45, 7) is 1.77. The van der Waals surface area contributed by atoms with Crippen molar-refractivity contribution in [3.8, 4) is 34.0 Å². The maximum absolute atomic E-state index is 12.8. The van der Waals surface area contributed by atoms with Gasteiger partial charge in [0.2, 0.25) is 5.91 Å². The van der Waals surface area contributed by atoms with E-state index in [2.05, 4.69) is 10.3 Å². The molecule has 3 aromatic carbocycles. The van der Waals surface area contributed by atoms with Gasteiger partial charge in [-0.15, -0.1) is 0 Å². The minimum atomic E-state index is -1.05. The number of H-pyrrole nitrogens is 1. The molecule has 1 amide bonds. The van der Waals surface area contributed by atoms with Crippen LogP contribution in [0.2, 0.25) is 0 Å². The van der Waals surface area contributed by atoms with Crippen molar-refractivity contribution in [3.63, 3.8) is 0 Å². The number of carbonyl (C=O) groups excluding carboxylic acids is 1. The Kier molecular flexibility index (Phi) is 7.60. The molecule has 0 bridgehead atoms. The molecule has 9 heteroatoms. The van der Waals surface area contributed by atoms with Gasteiger partial charge in [-0.3, -0.25) is 4.79 Å². The van der Waals surface area contributed by atoms with E-state index < -0.39 is 11.2 Å². The van der Waals surface area contributed by atoms with Crippen molar-refractivity contribution in [3.05, 3.63) is 78.4 Å². The Balaban J connectivity index is 1.59. The molecule has 1 aromatic heterocycles. The van der Waals surface area contributed by atoms with Gasteiger partial charge in [0.15, 0.2) is 5.16 Å². The number of thioether (sulfide) groups is 1. The second kappa shape index (κ2) is 11.0. The lowest BCUT2D eigenvalue weighted by Crippen LogP contribution is -2.22. The number of imidazole rings is 1. The number of benzene rings is 3. The third-order valence-corrected chi connectivity index (χ3v) is 6.44. The van der Waals surface area contributed by atoms with Crippen LogP contribution in [-0.2, 0) is 4.79 Å². The molecule has 1 atom stereocenters. The summed E-state index contributed by atoms with van der Waals surface area (Å²) in [4.78, 5) is 32.2. The minimum Gasteiger partial charge on any atom is -0.497 e. The normalized spacial score (nSPS) is 11.5. The van der Waals surface area contributed by atoms with Crippen LogP contribution in [0.15, 0.2) is 78.0 Å². The summed E-state index contributed by atoms with van der Waals surface area (Å²) < 4.78 is 10.6. The molecule has 1 heterocycles. The standard InChI is InChI=1S/C27H25N3O5S/c1-16(25(31)28-20-6-4-5-19(15-20)26(32)33)36-27-29-23(17-7-11-21(34-2)12-8-17)24(30-27)18-9-13-22(35-3)14-10-18/h4-16H,1-3H3,(H,28,31)(H,29,30)(H,32,33). The number of methoxy groups -OCH3 is 2. The van der Waals surface area contributed by atoms with Crippen LogP contribution in [0.4, 0.5) is 5.69 Å². The highest BCUT2D eigenvalue weighted by molar-refractivity contribution is 8.00. The smallest absolute Gasteiger partial charge is 0.335 e. The lowest BCUT2D eigenvalue weighted by atomic mass is 10.0. The minimum absolute atomic E-state index is 0.104. The molecule has 184 valence electrons. The molecular formula is C27H25N3O5S. The second-order valence-electron chi connectivity index (χ2n) is 7.86. The van der Waals surface area contributed by atoms with E-state index in [4.69, 9.17) is 14.5 Å². The van der Waals surface area contributed by atoms with Crippen molar-refractivity contribution in [1.29, 1.82) is 0 Å². The third kappa shape index (κ3) is 5.69. The zero-order valence-corrected chi connectivity index (χ0v) is 20.8. The molecule has 3 N–H and O–H groups in total. The molecular weight excluding hydrogens is 478 g/mol. The summed E-state index contributed by atoms with van der Waals surface area (Å²) in [7, 11) is 3.23. The van der Waals surface area contributed by atoms with Crippen LogP contribution in [0.5, 0.6) is 11.5 Å². The molecule has 0 spiro atoms. The fraction of sp³-hybridized carbons (Fsp3) is 0.148. The van der Waals surface area contributed by atoms with E-state index in [0.717, 1.165) is 34.0 Å². The first-order valence-corrected chi connectivity index (χ1v) is 12.0. The number of ether oxygens (including phenoxy) is 2. The third-order valence-electron chi connectivity index (χ3n) is 5.46. The van der Waals surface area contributed by atoms with Crippen LogP contribution >= 0.6 is 11.8 Å². The quantitative estimate of drug-likeness (QED) is 0.256. The van der Waals surface area contributed by atoms with E-state index >= 15 is 0 Å². The number of amides is 1. The number of carboxylic acids is 1. The number of anilines is 1.